The lowest BCUT2D eigenvalue weighted by atomic mass is 9.67. The zero-order valence-corrected chi connectivity index (χ0v) is 26.2. The summed E-state index contributed by atoms with van der Waals surface area (Å²) in [5, 5.41) is 11.0. The molecule has 1 aliphatic heterocycles. The van der Waals surface area contributed by atoms with Gasteiger partial charge in [0.2, 0.25) is 5.91 Å². The van der Waals surface area contributed by atoms with Crippen LogP contribution in [0.3, 0.4) is 0 Å². The van der Waals surface area contributed by atoms with Crippen molar-refractivity contribution in [3.05, 3.63) is 106 Å². The average Bonchev–Trinajstić information content (AvgIpc) is 3.81. The molecule has 2 aliphatic rings. The van der Waals surface area contributed by atoms with E-state index < -0.39 is 34.7 Å². The SMILES string of the molecule is CC1(CC(=O)O)CC(c2cccc(Cl)c2)C(c2ccc(Cl)cc2)N(C(CN(CCc2ccccc2)S(=O)[O-])C2CC2)C1=O. The average molecular weight is 643 g/mol. The molecule has 1 heterocycles. The lowest BCUT2D eigenvalue weighted by molar-refractivity contribution is -0.161. The topological polar surface area (TPSA) is 101 Å². The number of hydrogen-bond donors (Lipinski definition) is 1. The van der Waals surface area contributed by atoms with Crippen molar-refractivity contribution in [3.8, 4) is 0 Å². The molecule has 1 N–H and O–H groups in total. The van der Waals surface area contributed by atoms with Crippen LogP contribution in [-0.2, 0) is 27.3 Å². The molecule has 1 amide bonds. The van der Waals surface area contributed by atoms with Gasteiger partial charge in [-0.15, -0.1) is 0 Å². The number of likely N-dealkylation sites (tertiary alicyclic amines) is 1. The standard InChI is InChI=1S/C33H36Cl2N2O5S/c1-33(20-30(38)39)19-28(25-8-5-9-27(35)18-25)31(24-12-14-26(34)15-13-24)37(32(33)40)29(23-10-11-23)21-36(43(41)42)17-16-22-6-3-2-4-7-22/h2-9,12-15,18,23,28-29,31H,10-11,16-17,19-21H2,1H3,(H,38,39)(H,41,42)/p-1. The van der Waals surface area contributed by atoms with Crippen LogP contribution in [0.15, 0.2) is 78.9 Å². The van der Waals surface area contributed by atoms with Gasteiger partial charge in [-0.05, 0) is 72.6 Å². The second kappa shape index (κ2) is 13.5. The van der Waals surface area contributed by atoms with Gasteiger partial charge < -0.3 is 14.6 Å². The van der Waals surface area contributed by atoms with E-state index in [2.05, 4.69) is 0 Å². The lowest BCUT2D eigenvalue weighted by Gasteiger charge is -2.52. The predicted molar refractivity (Wildman–Crippen MR) is 167 cm³/mol. The molecule has 1 saturated heterocycles. The Morgan fingerprint density at radius 3 is 2.35 bits per heavy atom. The summed E-state index contributed by atoms with van der Waals surface area (Å²) in [5.74, 6) is -1.53. The van der Waals surface area contributed by atoms with E-state index in [1.165, 1.54) is 4.31 Å². The molecule has 10 heteroatoms. The Bertz CT molecular complexity index is 1470. The van der Waals surface area contributed by atoms with Crippen LogP contribution in [0.4, 0.5) is 0 Å². The molecule has 0 radical (unpaired) electrons. The van der Waals surface area contributed by atoms with Crippen LogP contribution in [-0.4, -0.2) is 54.1 Å². The molecule has 0 spiro atoms. The first-order valence-corrected chi connectivity index (χ1v) is 16.3. The van der Waals surface area contributed by atoms with E-state index in [0.717, 1.165) is 29.5 Å². The largest absolute Gasteiger partial charge is 0.760 e. The summed E-state index contributed by atoms with van der Waals surface area (Å²) in [6.07, 6.45) is 2.21. The van der Waals surface area contributed by atoms with Crippen molar-refractivity contribution in [2.24, 2.45) is 11.3 Å². The Balaban J connectivity index is 1.60. The summed E-state index contributed by atoms with van der Waals surface area (Å²) in [6.45, 7) is 2.10. The third-order valence-electron chi connectivity index (χ3n) is 8.75. The van der Waals surface area contributed by atoms with Crippen molar-refractivity contribution in [1.29, 1.82) is 0 Å². The fourth-order valence-corrected chi connectivity index (χ4v) is 7.36. The first kappa shape index (κ1) is 31.7. The maximum atomic E-state index is 14.6. The van der Waals surface area contributed by atoms with E-state index in [4.69, 9.17) is 23.2 Å². The second-order valence-corrected chi connectivity index (χ2v) is 13.8. The molecule has 5 unspecified atom stereocenters. The van der Waals surface area contributed by atoms with Crippen LogP contribution < -0.4 is 0 Å². The summed E-state index contributed by atoms with van der Waals surface area (Å²) < 4.78 is 26.5. The summed E-state index contributed by atoms with van der Waals surface area (Å²) >= 11 is 10.2. The Labute approximate surface area is 265 Å². The van der Waals surface area contributed by atoms with Gasteiger partial charge in [0.05, 0.1) is 17.9 Å². The number of carboxylic acid groups (broad SMARTS) is 1. The Morgan fingerprint density at radius 2 is 1.74 bits per heavy atom. The van der Waals surface area contributed by atoms with Crippen molar-refractivity contribution in [3.63, 3.8) is 0 Å². The van der Waals surface area contributed by atoms with Crippen molar-refractivity contribution in [2.75, 3.05) is 13.1 Å². The van der Waals surface area contributed by atoms with Gasteiger partial charge in [0, 0.05) is 46.4 Å². The first-order chi connectivity index (χ1) is 20.6. The molecule has 3 aromatic rings. The number of carbonyl (C=O) groups excluding carboxylic acids is 1. The molecular weight excluding hydrogens is 607 g/mol. The summed E-state index contributed by atoms with van der Waals surface area (Å²) in [7, 11) is 0. The zero-order valence-electron chi connectivity index (χ0n) is 23.9. The predicted octanol–water partition coefficient (Wildman–Crippen LogP) is 6.65. The number of halogens is 2. The summed E-state index contributed by atoms with van der Waals surface area (Å²) in [4.78, 5) is 28.6. The normalized spacial score (nSPS) is 23.7. The molecule has 5 rings (SSSR count). The van der Waals surface area contributed by atoms with Crippen LogP contribution in [0.5, 0.6) is 0 Å². The molecule has 1 saturated carbocycles. The fraction of sp³-hybridized carbons (Fsp3) is 0.394. The number of carbonyl (C=O) groups is 2. The van der Waals surface area contributed by atoms with Gasteiger partial charge in [-0.3, -0.25) is 13.8 Å². The molecule has 0 aromatic heterocycles. The highest BCUT2D eigenvalue weighted by atomic mass is 35.5. The summed E-state index contributed by atoms with van der Waals surface area (Å²) in [5.41, 5.74) is 1.55. The number of aliphatic carboxylic acids is 1. The Morgan fingerprint density at radius 1 is 1.05 bits per heavy atom. The first-order valence-electron chi connectivity index (χ1n) is 14.5. The van der Waals surface area contributed by atoms with Crippen molar-refractivity contribution in [2.45, 2.75) is 57.0 Å². The quantitative estimate of drug-likeness (QED) is 0.223. The van der Waals surface area contributed by atoms with Crippen molar-refractivity contribution >= 4 is 46.3 Å². The third kappa shape index (κ3) is 7.49. The van der Waals surface area contributed by atoms with Crippen LogP contribution in [0.2, 0.25) is 10.0 Å². The molecular formula is C33H35Cl2N2O5S-. The number of carboxylic acids is 1. The van der Waals surface area contributed by atoms with Gasteiger partial charge in [-0.2, -0.15) is 0 Å². The molecule has 7 nitrogen and oxygen atoms in total. The van der Waals surface area contributed by atoms with Gasteiger partial charge in [0.1, 0.15) is 0 Å². The van der Waals surface area contributed by atoms with Gasteiger partial charge >= 0.3 is 5.97 Å². The van der Waals surface area contributed by atoms with E-state index in [-0.39, 0.29) is 37.3 Å². The molecule has 3 aromatic carbocycles. The number of piperidine rings is 1. The minimum Gasteiger partial charge on any atom is -0.760 e. The minimum absolute atomic E-state index is 0.0914. The van der Waals surface area contributed by atoms with Crippen LogP contribution >= 0.6 is 23.2 Å². The van der Waals surface area contributed by atoms with E-state index >= 15 is 0 Å². The molecule has 5 atom stereocenters. The molecule has 0 bridgehead atoms. The van der Waals surface area contributed by atoms with Crippen LogP contribution in [0.25, 0.3) is 0 Å². The highest BCUT2D eigenvalue weighted by Crippen LogP contribution is 2.54. The maximum Gasteiger partial charge on any atom is 0.304 e. The lowest BCUT2D eigenvalue weighted by Crippen LogP contribution is -2.59. The van der Waals surface area contributed by atoms with E-state index in [1.807, 2.05) is 65.6 Å². The van der Waals surface area contributed by atoms with E-state index in [9.17, 15) is 23.5 Å². The Kier molecular flexibility index (Phi) is 9.93. The van der Waals surface area contributed by atoms with Gasteiger partial charge in [-0.1, -0.05) is 84.7 Å². The molecule has 228 valence electrons. The summed E-state index contributed by atoms with van der Waals surface area (Å²) in [6, 6.07) is 23.6. The van der Waals surface area contributed by atoms with Crippen LogP contribution in [0, 0.1) is 11.3 Å². The molecule has 43 heavy (non-hydrogen) atoms. The van der Waals surface area contributed by atoms with Gasteiger partial charge in [0.25, 0.3) is 0 Å². The molecule has 2 fully saturated rings. The third-order valence-corrected chi connectivity index (χ3v) is 9.99. The van der Waals surface area contributed by atoms with Gasteiger partial charge in [-0.25, -0.2) is 4.31 Å². The molecule has 1 aliphatic carbocycles. The number of hydrogen-bond acceptors (Lipinski definition) is 4. The van der Waals surface area contributed by atoms with Crippen LogP contribution in [0.1, 0.15) is 61.3 Å². The highest BCUT2D eigenvalue weighted by molar-refractivity contribution is 7.76. The van der Waals surface area contributed by atoms with Crippen molar-refractivity contribution in [1.82, 2.24) is 9.21 Å². The fourth-order valence-electron chi connectivity index (χ4n) is 6.52. The zero-order chi connectivity index (χ0) is 30.7. The monoisotopic (exact) mass is 641 g/mol. The smallest absolute Gasteiger partial charge is 0.304 e. The van der Waals surface area contributed by atoms with Gasteiger partial charge in [0.15, 0.2) is 0 Å². The highest BCUT2D eigenvalue weighted by Gasteiger charge is 2.54. The maximum absolute atomic E-state index is 14.6. The van der Waals surface area contributed by atoms with E-state index in [0.29, 0.717) is 22.9 Å². The minimum atomic E-state index is -2.52. The number of benzene rings is 3. The number of nitrogens with zero attached hydrogens (tertiary/aromatic N) is 2. The van der Waals surface area contributed by atoms with Crippen molar-refractivity contribution < 1.29 is 23.5 Å². The number of amides is 1. The second-order valence-electron chi connectivity index (χ2n) is 12.0. The van der Waals surface area contributed by atoms with E-state index in [1.54, 1.807) is 25.1 Å². The number of rotatable bonds is 12. The Hall–Kier alpha value is -2.75.